The van der Waals surface area contributed by atoms with Gasteiger partial charge >= 0.3 is 0 Å². The van der Waals surface area contributed by atoms with Crippen LogP contribution in [0.3, 0.4) is 0 Å². The number of piperazine rings is 2. The number of carbonyl (C=O) groups excluding carboxylic acids is 1. The van der Waals surface area contributed by atoms with Crippen LogP contribution in [0.25, 0.3) is 0 Å². The molecule has 33 heavy (non-hydrogen) atoms. The van der Waals surface area contributed by atoms with Crippen LogP contribution in [0.1, 0.15) is 5.56 Å². The van der Waals surface area contributed by atoms with E-state index >= 15 is 0 Å². The first kappa shape index (κ1) is 23.4. The Bertz CT molecular complexity index is 1140. The SMILES string of the molecule is N#Cc1ccccc1S(=O)(=O)N1CCN(C(=O)CN2CCN(c3ccc(Cl)cn3)CC2)CC1. The van der Waals surface area contributed by atoms with Crippen LogP contribution in [0.5, 0.6) is 0 Å². The summed E-state index contributed by atoms with van der Waals surface area (Å²) < 4.78 is 27.3. The monoisotopic (exact) mass is 488 g/mol. The van der Waals surface area contributed by atoms with Gasteiger partial charge in [0.15, 0.2) is 0 Å². The van der Waals surface area contributed by atoms with E-state index in [1.54, 1.807) is 23.2 Å². The topological polar surface area (TPSA) is 101 Å². The summed E-state index contributed by atoms with van der Waals surface area (Å²) in [6.07, 6.45) is 1.63. The standard InChI is InChI=1S/C22H25ClN6O3S/c23-19-5-6-21(25-16-19)27-9-7-26(8-10-27)17-22(30)28-11-13-29(14-12-28)33(31,32)20-4-2-1-3-18(20)15-24/h1-6,16H,7-14,17H2. The molecular formula is C22H25ClN6O3S. The van der Waals surface area contributed by atoms with E-state index in [0.29, 0.717) is 24.7 Å². The van der Waals surface area contributed by atoms with Gasteiger partial charge in [-0.2, -0.15) is 9.57 Å². The fraction of sp³-hybridized carbons (Fsp3) is 0.409. The zero-order valence-electron chi connectivity index (χ0n) is 18.1. The molecule has 1 aromatic carbocycles. The van der Waals surface area contributed by atoms with Crippen LogP contribution < -0.4 is 4.90 Å². The molecule has 9 nitrogen and oxygen atoms in total. The third-order valence-electron chi connectivity index (χ3n) is 5.98. The van der Waals surface area contributed by atoms with Crippen LogP contribution in [-0.2, 0) is 14.8 Å². The van der Waals surface area contributed by atoms with Crippen molar-refractivity contribution in [1.82, 2.24) is 19.1 Å². The molecule has 0 saturated carbocycles. The number of amides is 1. The third kappa shape index (κ3) is 5.28. The third-order valence-corrected chi connectivity index (χ3v) is 8.16. The van der Waals surface area contributed by atoms with Crippen molar-refractivity contribution in [2.24, 2.45) is 0 Å². The number of halogens is 1. The Kier molecular flexibility index (Phi) is 7.14. The van der Waals surface area contributed by atoms with Gasteiger partial charge < -0.3 is 9.80 Å². The number of hydrogen-bond acceptors (Lipinski definition) is 7. The van der Waals surface area contributed by atoms with Gasteiger partial charge in [0.1, 0.15) is 11.9 Å². The summed E-state index contributed by atoms with van der Waals surface area (Å²) in [6, 6.07) is 11.8. The van der Waals surface area contributed by atoms with Gasteiger partial charge in [-0.25, -0.2) is 13.4 Å². The molecule has 0 N–H and O–H groups in total. The summed E-state index contributed by atoms with van der Waals surface area (Å²) in [4.78, 5) is 23.2. The minimum atomic E-state index is -3.77. The number of rotatable bonds is 5. The summed E-state index contributed by atoms with van der Waals surface area (Å²) in [5.74, 6) is 0.878. The van der Waals surface area contributed by atoms with Crippen molar-refractivity contribution < 1.29 is 13.2 Å². The second-order valence-corrected chi connectivity index (χ2v) is 10.3. The molecule has 11 heteroatoms. The van der Waals surface area contributed by atoms with Gasteiger partial charge in [-0.3, -0.25) is 9.69 Å². The highest BCUT2D eigenvalue weighted by molar-refractivity contribution is 7.89. The van der Waals surface area contributed by atoms with E-state index in [1.165, 1.54) is 16.4 Å². The number of benzene rings is 1. The molecule has 2 aromatic rings. The van der Waals surface area contributed by atoms with Crippen molar-refractivity contribution in [3.05, 3.63) is 53.2 Å². The average molecular weight is 489 g/mol. The van der Waals surface area contributed by atoms with E-state index < -0.39 is 10.0 Å². The molecule has 2 saturated heterocycles. The molecule has 4 rings (SSSR count). The lowest BCUT2D eigenvalue weighted by molar-refractivity contribution is -0.133. The highest BCUT2D eigenvalue weighted by Gasteiger charge is 2.32. The number of carbonyl (C=O) groups is 1. The second-order valence-electron chi connectivity index (χ2n) is 7.99. The van der Waals surface area contributed by atoms with Crippen molar-refractivity contribution in [3.8, 4) is 6.07 Å². The Morgan fingerprint density at radius 3 is 2.33 bits per heavy atom. The predicted octanol–water partition coefficient (Wildman–Crippen LogP) is 1.26. The first-order valence-electron chi connectivity index (χ1n) is 10.7. The van der Waals surface area contributed by atoms with Gasteiger partial charge in [0.25, 0.3) is 0 Å². The van der Waals surface area contributed by atoms with Gasteiger partial charge in [0.2, 0.25) is 15.9 Å². The normalized spacial score (nSPS) is 18.2. The van der Waals surface area contributed by atoms with Gasteiger partial charge in [-0.05, 0) is 24.3 Å². The van der Waals surface area contributed by atoms with Crippen LogP contribution in [0.4, 0.5) is 5.82 Å². The van der Waals surface area contributed by atoms with Gasteiger partial charge in [0.05, 0.1) is 22.0 Å². The van der Waals surface area contributed by atoms with Crippen molar-refractivity contribution in [2.75, 3.05) is 63.8 Å². The number of anilines is 1. The molecule has 0 atom stereocenters. The molecule has 1 aromatic heterocycles. The van der Waals surface area contributed by atoms with Gasteiger partial charge in [-0.15, -0.1) is 0 Å². The number of hydrogen-bond donors (Lipinski definition) is 0. The number of aromatic nitrogens is 1. The van der Waals surface area contributed by atoms with Crippen molar-refractivity contribution in [1.29, 1.82) is 5.26 Å². The zero-order chi connectivity index (χ0) is 23.4. The minimum Gasteiger partial charge on any atom is -0.354 e. The fourth-order valence-corrected chi connectivity index (χ4v) is 5.76. The maximum atomic E-state index is 13.0. The average Bonchev–Trinajstić information content (AvgIpc) is 2.85. The van der Waals surface area contributed by atoms with Crippen LogP contribution in [0.2, 0.25) is 5.02 Å². The van der Waals surface area contributed by atoms with Crippen molar-refractivity contribution >= 4 is 33.3 Å². The number of sulfonamides is 1. The molecular weight excluding hydrogens is 464 g/mol. The molecule has 1 amide bonds. The van der Waals surface area contributed by atoms with E-state index in [-0.39, 0.29) is 29.5 Å². The van der Waals surface area contributed by atoms with E-state index in [0.717, 1.165) is 32.0 Å². The van der Waals surface area contributed by atoms with Crippen molar-refractivity contribution in [2.45, 2.75) is 4.90 Å². The second kappa shape index (κ2) is 10.1. The molecule has 0 aliphatic carbocycles. The van der Waals surface area contributed by atoms with E-state index in [9.17, 15) is 18.5 Å². The Morgan fingerprint density at radius 2 is 1.70 bits per heavy atom. The first-order valence-corrected chi connectivity index (χ1v) is 12.6. The molecule has 0 unspecified atom stereocenters. The smallest absolute Gasteiger partial charge is 0.244 e. The summed E-state index contributed by atoms with van der Waals surface area (Å²) in [7, 11) is -3.77. The molecule has 3 heterocycles. The maximum Gasteiger partial charge on any atom is 0.244 e. The Balaban J connectivity index is 1.28. The lowest BCUT2D eigenvalue weighted by atomic mass is 10.2. The van der Waals surface area contributed by atoms with Crippen molar-refractivity contribution in [3.63, 3.8) is 0 Å². The quantitative estimate of drug-likeness (QED) is 0.624. The van der Waals surface area contributed by atoms with Gasteiger partial charge in [0, 0.05) is 58.6 Å². The molecule has 0 radical (unpaired) electrons. The summed E-state index contributed by atoms with van der Waals surface area (Å²) in [5.41, 5.74) is 0.129. The zero-order valence-corrected chi connectivity index (χ0v) is 19.7. The van der Waals surface area contributed by atoms with Crippen LogP contribution in [-0.4, -0.2) is 92.3 Å². The molecule has 174 valence electrons. The maximum absolute atomic E-state index is 13.0. The summed E-state index contributed by atoms with van der Waals surface area (Å²) in [6.45, 7) is 4.44. The van der Waals surface area contributed by atoms with E-state index in [1.807, 2.05) is 18.2 Å². The number of nitrogens with zero attached hydrogens (tertiary/aromatic N) is 6. The number of pyridine rings is 1. The first-order chi connectivity index (χ1) is 15.9. The van der Waals surface area contributed by atoms with Crippen LogP contribution in [0.15, 0.2) is 47.5 Å². The van der Waals surface area contributed by atoms with Crippen LogP contribution >= 0.6 is 11.6 Å². The molecule has 2 fully saturated rings. The molecule has 2 aliphatic rings. The molecule has 2 aliphatic heterocycles. The summed E-state index contributed by atoms with van der Waals surface area (Å²) in [5, 5.41) is 9.84. The molecule has 0 spiro atoms. The minimum absolute atomic E-state index is 0.00235. The van der Waals surface area contributed by atoms with Gasteiger partial charge in [-0.1, -0.05) is 23.7 Å². The predicted molar refractivity (Wildman–Crippen MR) is 124 cm³/mol. The highest BCUT2D eigenvalue weighted by Crippen LogP contribution is 2.21. The van der Waals surface area contributed by atoms with E-state index in [4.69, 9.17) is 11.6 Å². The lowest BCUT2D eigenvalue weighted by Gasteiger charge is -2.38. The van der Waals surface area contributed by atoms with Crippen LogP contribution in [0, 0.1) is 11.3 Å². The Labute approximate surface area is 198 Å². The highest BCUT2D eigenvalue weighted by atomic mass is 35.5. The Morgan fingerprint density at radius 1 is 1.00 bits per heavy atom. The fourth-order valence-electron chi connectivity index (χ4n) is 4.08. The summed E-state index contributed by atoms with van der Waals surface area (Å²) >= 11 is 5.90. The Hall–Kier alpha value is -2.71. The number of nitriles is 1. The largest absolute Gasteiger partial charge is 0.354 e. The lowest BCUT2D eigenvalue weighted by Crippen LogP contribution is -2.54. The van der Waals surface area contributed by atoms with E-state index in [2.05, 4.69) is 14.8 Å². The molecule has 0 bridgehead atoms.